The van der Waals surface area contributed by atoms with E-state index in [1.807, 2.05) is 12.1 Å². The molecular formula is C26H32BrFN4O4. The molecular weight excluding hydrogens is 531 g/mol. The highest BCUT2D eigenvalue weighted by Gasteiger charge is 2.23. The summed E-state index contributed by atoms with van der Waals surface area (Å²) < 4.78 is 20.7. The molecule has 0 bridgehead atoms. The normalized spacial score (nSPS) is 14.8. The van der Waals surface area contributed by atoms with Crippen LogP contribution in [0.1, 0.15) is 41.6 Å². The molecule has 0 radical (unpaired) electrons. The number of ether oxygens (including phenoxy) is 1. The van der Waals surface area contributed by atoms with E-state index in [0.717, 1.165) is 47.9 Å². The van der Waals surface area contributed by atoms with Gasteiger partial charge in [-0.15, -0.1) is 0 Å². The lowest BCUT2D eigenvalue weighted by atomic mass is 9.96. The number of nitrogens with zero attached hydrogens (tertiary/aromatic N) is 1. The van der Waals surface area contributed by atoms with E-state index in [0.29, 0.717) is 31.2 Å². The second kappa shape index (κ2) is 13.4. The van der Waals surface area contributed by atoms with Crippen LogP contribution in [0.5, 0.6) is 5.75 Å². The molecule has 2 aromatic rings. The first-order valence-corrected chi connectivity index (χ1v) is 12.8. The zero-order valence-corrected chi connectivity index (χ0v) is 21.9. The van der Waals surface area contributed by atoms with Crippen LogP contribution in [0.3, 0.4) is 0 Å². The number of halogens is 2. The Labute approximate surface area is 218 Å². The summed E-state index contributed by atoms with van der Waals surface area (Å²) in [4.78, 5) is 36.5. The van der Waals surface area contributed by atoms with Crippen LogP contribution in [0.15, 0.2) is 40.9 Å². The molecule has 1 heterocycles. The van der Waals surface area contributed by atoms with Crippen molar-refractivity contribution in [2.24, 2.45) is 11.7 Å². The average Bonchev–Trinajstić information content (AvgIpc) is 2.88. The van der Waals surface area contributed by atoms with Crippen LogP contribution < -0.4 is 26.0 Å². The Morgan fingerprint density at radius 3 is 2.67 bits per heavy atom. The number of aldehydes is 1. The van der Waals surface area contributed by atoms with Crippen molar-refractivity contribution in [2.75, 3.05) is 31.6 Å². The van der Waals surface area contributed by atoms with Crippen molar-refractivity contribution in [1.82, 2.24) is 10.6 Å². The number of primary amides is 1. The van der Waals surface area contributed by atoms with Crippen LogP contribution in [0, 0.1) is 11.7 Å². The van der Waals surface area contributed by atoms with Gasteiger partial charge < -0.3 is 30.8 Å². The molecule has 0 aromatic heterocycles. The highest BCUT2D eigenvalue weighted by atomic mass is 79.9. The minimum absolute atomic E-state index is 0.0927. The third-order valence-electron chi connectivity index (χ3n) is 6.41. The summed E-state index contributed by atoms with van der Waals surface area (Å²) in [5, 5.41) is 5.83. The molecule has 1 unspecified atom stereocenters. The lowest BCUT2D eigenvalue weighted by Crippen LogP contribution is -2.37. The zero-order valence-electron chi connectivity index (χ0n) is 20.3. The monoisotopic (exact) mass is 562 g/mol. The maximum Gasteiger partial charge on any atom is 0.251 e. The van der Waals surface area contributed by atoms with Crippen LogP contribution in [-0.4, -0.2) is 50.9 Å². The maximum absolute atomic E-state index is 14.0. The highest BCUT2D eigenvalue weighted by Crippen LogP contribution is 2.31. The van der Waals surface area contributed by atoms with E-state index in [1.54, 1.807) is 13.1 Å². The largest absolute Gasteiger partial charge is 0.493 e. The molecule has 1 saturated heterocycles. The van der Waals surface area contributed by atoms with Gasteiger partial charge in [0.2, 0.25) is 5.91 Å². The van der Waals surface area contributed by atoms with Gasteiger partial charge in [-0.3, -0.25) is 9.59 Å². The van der Waals surface area contributed by atoms with E-state index in [9.17, 15) is 18.8 Å². The van der Waals surface area contributed by atoms with Crippen molar-refractivity contribution in [2.45, 2.75) is 38.3 Å². The fraction of sp³-hybridized carbons (Fsp3) is 0.423. The molecule has 36 heavy (non-hydrogen) atoms. The van der Waals surface area contributed by atoms with E-state index in [2.05, 4.69) is 37.5 Å². The van der Waals surface area contributed by atoms with Gasteiger partial charge in [-0.05, 0) is 49.4 Å². The SMILES string of the molecule is CNC(=O)CCC(C=O)NCc1c(Br)cccc1N1CCC(COc2ccc(C(N)=O)c(F)c2)CC1. The first-order valence-electron chi connectivity index (χ1n) is 12.0. The number of nitrogens with two attached hydrogens (primary N) is 1. The predicted molar refractivity (Wildman–Crippen MR) is 139 cm³/mol. The van der Waals surface area contributed by atoms with Gasteiger partial charge in [0.05, 0.1) is 18.2 Å². The summed E-state index contributed by atoms with van der Waals surface area (Å²) in [6.07, 6.45) is 3.38. The molecule has 3 rings (SSSR count). The molecule has 1 aliphatic rings. The van der Waals surface area contributed by atoms with Gasteiger partial charge in [0.25, 0.3) is 5.91 Å². The number of hydrogen-bond donors (Lipinski definition) is 3. The van der Waals surface area contributed by atoms with Gasteiger partial charge >= 0.3 is 0 Å². The van der Waals surface area contributed by atoms with Gasteiger partial charge in [-0.25, -0.2) is 4.39 Å². The Morgan fingerprint density at radius 2 is 2.03 bits per heavy atom. The van der Waals surface area contributed by atoms with E-state index in [-0.39, 0.29) is 17.9 Å². The molecule has 0 saturated carbocycles. The maximum atomic E-state index is 14.0. The van der Waals surface area contributed by atoms with Crippen molar-refractivity contribution in [3.05, 3.63) is 57.8 Å². The number of nitrogens with one attached hydrogen (secondary N) is 2. The van der Waals surface area contributed by atoms with Gasteiger partial charge in [-0.2, -0.15) is 0 Å². The van der Waals surface area contributed by atoms with E-state index in [4.69, 9.17) is 10.5 Å². The predicted octanol–water partition coefficient (Wildman–Crippen LogP) is 3.17. The van der Waals surface area contributed by atoms with Crippen LogP contribution in [0.4, 0.5) is 10.1 Å². The minimum atomic E-state index is -0.806. The standard InChI is InChI=1S/C26H32BrFN4O4/c1-30-25(34)8-5-18(15-33)31-14-21-22(27)3-2-4-24(21)32-11-9-17(10-12-32)16-36-19-6-7-20(26(29)35)23(28)13-19/h2-4,6-7,13,15,17-18,31H,5,8-12,14,16H2,1H3,(H2,29,35)(H,30,34). The van der Waals surface area contributed by atoms with Crippen molar-refractivity contribution in [3.8, 4) is 5.75 Å². The van der Waals surface area contributed by atoms with Crippen LogP contribution in [-0.2, 0) is 16.1 Å². The van der Waals surface area contributed by atoms with Gasteiger partial charge in [0.15, 0.2) is 0 Å². The summed E-state index contributed by atoms with van der Waals surface area (Å²) in [6.45, 7) is 2.62. The number of anilines is 1. The van der Waals surface area contributed by atoms with E-state index < -0.39 is 17.8 Å². The van der Waals surface area contributed by atoms with Crippen molar-refractivity contribution in [1.29, 1.82) is 0 Å². The molecule has 10 heteroatoms. The zero-order chi connectivity index (χ0) is 26.1. The molecule has 0 spiro atoms. The third-order valence-corrected chi connectivity index (χ3v) is 7.15. The van der Waals surface area contributed by atoms with Gasteiger partial charge in [0, 0.05) is 54.9 Å². The number of carbonyl (C=O) groups is 3. The van der Waals surface area contributed by atoms with Crippen LogP contribution in [0.25, 0.3) is 0 Å². The highest BCUT2D eigenvalue weighted by molar-refractivity contribution is 9.10. The molecule has 8 nitrogen and oxygen atoms in total. The molecule has 1 aliphatic heterocycles. The molecule has 194 valence electrons. The number of piperidine rings is 1. The second-order valence-electron chi connectivity index (χ2n) is 8.82. The van der Waals surface area contributed by atoms with E-state index in [1.165, 1.54) is 12.1 Å². The number of rotatable bonds is 12. The number of amides is 2. The topological polar surface area (TPSA) is 114 Å². The van der Waals surface area contributed by atoms with Crippen LogP contribution >= 0.6 is 15.9 Å². The Morgan fingerprint density at radius 1 is 1.28 bits per heavy atom. The Bertz CT molecular complexity index is 1080. The van der Waals surface area contributed by atoms with Crippen LogP contribution in [0.2, 0.25) is 0 Å². The molecule has 1 fully saturated rings. The fourth-order valence-electron chi connectivity index (χ4n) is 4.22. The number of carbonyl (C=O) groups excluding carboxylic acids is 3. The average molecular weight is 563 g/mol. The third kappa shape index (κ3) is 7.51. The number of hydrogen-bond acceptors (Lipinski definition) is 6. The number of benzene rings is 2. The molecule has 2 amide bonds. The molecule has 2 aromatic carbocycles. The Kier molecular flexibility index (Phi) is 10.2. The lowest BCUT2D eigenvalue weighted by molar-refractivity contribution is -0.120. The quantitative estimate of drug-likeness (QED) is 0.342. The summed E-state index contributed by atoms with van der Waals surface area (Å²) >= 11 is 3.64. The first kappa shape index (κ1) is 27.6. The summed E-state index contributed by atoms with van der Waals surface area (Å²) in [7, 11) is 1.58. The first-order chi connectivity index (χ1) is 17.3. The second-order valence-corrected chi connectivity index (χ2v) is 9.67. The van der Waals surface area contributed by atoms with Crippen molar-refractivity contribution in [3.63, 3.8) is 0 Å². The van der Waals surface area contributed by atoms with Crippen molar-refractivity contribution < 1.29 is 23.5 Å². The molecule has 1 atom stereocenters. The Hall–Kier alpha value is -2.98. The Balaban J connectivity index is 1.55. The molecule has 0 aliphatic carbocycles. The van der Waals surface area contributed by atoms with Gasteiger partial charge in [0.1, 0.15) is 17.9 Å². The smallest absolute Gasteiger partial charge is 0.251 e. The van der Waals surface area contributed by atoms with Crippen molar-refractivity contribution >= 4 is 39.7 Å². The minimum Gasteiger partial charge on any atom is -0.493 e. The lowest BCUT2D eigenvalue weighted by Gasteiger charge is -2.35. The van der Waals surface area contributed by atoms with E-state index >= 15 is 0 Å². The fourth-order valence-corrected chi connectivity index (χ4v) is 4.72. The summed E-state index contributed by atoms with van der Waals surface area (Å²) in [5.74, 6) is -0.889. The van der Waals surface area contributed by atoms with Gasteiger partial charge in [-0.1, -0.05) is 22.0 Å². The summed E-state index contributed by atoms with van der Waals surface area (Å²) in [5.41, 5.74) is 7.15. The summed E-state index contributed by atoms with van der Waals surface area (Å²) in [6, 6.07) is 9.72. The molecule has 4 N–H and O–H groups in total.